The largest absolute Gasteiger partial charge is 0.493 e. The normalized spacial score (nSPS) is 10.5. The van der Waals surface area contributed by atoms with Crippen LogP contribution in [0.25, 0.3) is 0 Å². The predicted molar refractivity (Wildman–Crippen MR) is 88.4 cm³/mol. The molecule has 0 aliphatic carbocycles. The maximum Gasteiger partial charge on any atom is 0.387 e. The van der Waals surface area contributed by atoms with Crippen molar-refractivity contribution in [3.8, 4) is 17.2 Å². The third kappa shape index (κ3) is 5.73. The fraction of sp³-hybridized carbons (Fsp3) is 0.235. The van der Waals surface area contributed by atoms with Crippen LogP contribution in [0.4, 0.5) is 13.2 Å². The van der Waals surface area contributed by atoms with Crippen molar-refractivity contribution in [2.24, 2.45) is 0 Å². The molecule has 0 aliphatic heterocycles. The van der Waals surface area contributed by atoms with Crippen LogP contribution in [0.5, 0.6) is 17.2 Å². The van der Waals surface area contributed by atoms with Crippen LogP contribution in [0.3, 0.4) is 0 Å². The first kappa shape index (κ1) is 19.7. The van der Waals surface area contributed by atoms with Gasteiger partial charge in [0.15, 0.2) is 18.1 Å². The smallest absolute Gasteiger partial charge is 0.387 e. The molecule has 140 valence electrons. The molecule has 0 aliphatic rings. The topological polar surface area (TPSA) is 56.8 Å². The molecule has 2 aromatic rings. The second-order valence-corrected chi connectivity index (χ2v) is 5.41. The third-order valence-electron chi connectivity index (χ3n) is 3.19. The second kappa shape index (κ2) is 9.19. The molecule has 0 radical (unpaired) electrons. The molecule has 2 aromatic carbocycles. The molecule has 1 amide bonds. The van der Waals surface area contributed by atoms with Crippen LogP contribution in [-0.4, -0.2) is 26.2 Å². The van der Waals surface area contributed by atoms with Gasteiger partial charge in [-0.1, -0.05) is 17.7 Å². The van der Waals surface area contributed by atoms with E-state index in [2.05, 4.69) is 10.1 Å². The Hall–Kier alpha value is -2.61. The highest BCUT2D eigenvalue weighted by Crippen LogP contribution is 2.29. The monoisotopic (exact) mass is 389 g/mol. The number of alkyl halides is 2. The summed E-state index contributed by atoms with van der Waals surface area (Å²) in [6.07, 6.45) is 0. The molecule has 0 bridgehead atoms. The number of carbonyl (C=O) groups is 1. The van der Waals surface area contributed by atoms with Gasteiger partial charge in [0.1, 0.15) is 11.6 Å². The molecular formula is C17H15ClF3NO4. The minimum Gasteiger partial charge on any atom is -0.493 e. The van der Waals surface area contributed by atoms with Gasteiger partial charge in [-0.3, -0.25) is 4.79 Å². The van der Waals surface area contributed by atoms with Gasteiger partial charge < -0.3 is 19.5 Å². The Morgan fingerprint density at radius 1 is 1.19 bits per heavy atom. The molecule has 0 saturated heterocycles. The van der Waals surface area contributed by atoms with Gasteiger partial charge in [-0.2, -0.15) is 8.78 Å². The Morgan fingerprint density at radius 3 is 2.62 bits per heavy atom. The maximum atomic E-state index is 13.0. The van der Waals surface area contributed by atoms with Crippen LogP contribution in [0.2, 0.25) is 5.02 Å². The van der Waals surface area contributed by atoms with Gasteiger partial charge in [0, 0.05) is 12.6 Å². The number of methoxy groups -OCH3 is 1. The van der Waals surface area contributed by atoms with E-state index in [9.17, 15) is 18.0 Å². The van der Waals surface area contributed by atoms with Crippen molar-refractivity contribution in [3.63, 3.8) is 0 Å². The zero-order valence-electron chi connectivity index (χ0n) is 13.6. The third-order valence-corrected chi connectivity index (χ3v) is 3.48. The van der Waals surface area contributed by atoms with Gasteiger partial charge in [-0.05, 0) is 29.8 Å². The van der Waals surface area contributed by atoms with Crippen molar-refractivity contribution in [2.45, 2.75) is 13.2 Å². The van der Waals surface area contributed by atoms with E-state index in [4.69, 9.17) is 21.1 Å². The molecule has 0 fully saturated rings. The molecule has 0 spiro atoms. The minimum atomic E-state index is -2.97. The first-order valence-electron chi connectivity index (χ1n) is 7.35. The van der Waals surface area contributed by atoms with Crippen molar-refractivity contribution in [2.75, 3.05) is 13.7 Å². The fourth-order valence-electron chi connectivity index (χ4n) is 1.98. The lowest BCUT2D eigenvalue weighted by molar-refractivity contribution is -0.123. The summed E-state index contributed by atoms with van der Waals surface area (Å²) in [4.78, 5) is 11.8. The number of halogens is 4. The molecule has 5 nitrogen and oxygen atoms in total. The molecule has 0 heterocycles. The van der Waals surface area contributed by atoms with Gasteiger partial charge in [0.05, 0.1) is 12.1 Å². The van der Waals surface area contributed by atoms with Crippen molar-refractivity contribution in [3.05, 3.63) is 52.8 Å². The van der Waals surface area contributed by atoms with E-state index in [0.29, 0.717) is 5.56 Å². The number of nitrogens with one attached hydrogen (secondary N) is 1. The summed E-state index contributed by atoms with van der Waals surface area (Å²) in [5.41, 5.74) is 0.613. The molecule has 0 aromatic heterocycles. The molecule has 26 heavy (non-hydrogen) atoms. The van der Waals surface area contributed by atoms with E-state index >= 15 is 0 Å². The highest BCUT2D eigenvalue weighted by atomic mass is 35.5. The van der Waals surface area contributed by atoms with Crippen LogP contribution in [0, 0.1) is 5.82 Å². The molecular weight excluding hydrogens is 375 g/mol. The zero-order chi connectivity index (χ0) is 19.1. The van der Waals surface area contributed by atoms with Gasteiger partial charge >= 0.3 is 6.61 Å². The second-order valence-electron chi connectivity index (χ2n) is 5.01. The first-order chi connectivity index (χ1) is 12.4. The predicted octanol–water partition coefficient (Wildman–Crippen LogP) is 3.78. The van der Waals surface area contributed by atoms with Crippen LogP contribution in [0.1, 0.15) is 5.56 Å². The Bertz CT molecular complexity index is 774. The van der Waals surface area contributed by atoms with Crippen LogP contribution < -0.4 is 19.5 Å². The van der Waals surface area contributed by atoms with Gasteiger partial charge in [0.25, 0.3) is 5.91 Å². The zero-order valence-corrected chi connectivity index (χ0v) is 14.4. The Morgan fingerprint density at radius 2 is 1.96 bits per heavy atom. The molecule has 9 heteroatoms. The van der Waals surface area contributed by atoms with E-state index in [1.165, 1.54) is 37.4 Å². The number of ether oxygens (including phenoxy) is 3. The summed E-state index contributed by atoms with van der Waals surface area (Å²) < 4.78 is 52.1. The lowest BCUT2D eigenvalue weighted by atomic mass is 10.2. The van der Waals surface area contributed by atoms with E-state index in [1.807, 2.05) is 0 Å². The van der Waals surface area contributed by atoms with E-state index in [1.54, 1.807) is 0 Å². The number of carbonyl (C=O) groups excluding carboxylic acids is 1. The minimum absolute atomic E-state index is 0.103. The lowest BCUT2D eigenvalue weighted by Crippen LogP contribution is -2.28. The van der Waals surface area contributed by atoms with Gasteiger partial charge in [-0.25, -0.2) is 4.39 Å². The first-order valence-corrected chi connectivity index (χ1v) is 7.73. The standard InChI is InChI=1S/C17H15ClF3NO4/c1-24-15-6-10(2-5-14(15)26-17(20)21)8-22-16(23)9-25-11-3-4-13(19)12(18)7-11/h2-7,17H,8-9H2,1H3,(H,22,23). The van der Waals surface area contributed by atoms with Crippen molar-refractivity contribution >= 4 is 17.5 Å². The highest BCUT2D eigenvalue weighted by molar-refractivity contribution is 6.30. The molecule has 1 N–H and O–H groups in total. The van der Waals surface area contributed by atoms with Crippen molar-refractivity contribution in [1.82, 2.24) is 5.32 Å². The van der Waals surface area contributed by atoms with Crippen LogP contribution in [0.15, 0.2) is 36.4 Å². The van der Waals surface area contributed by atoms with E-state index in [0.717, 1.165) is 6.07 Å². The lowest BCUT2D eigenvalue weighted by Gasteiger charge is -2.12. The number of hydrogen-bond acceptors (Lipinski definition) is 4. The summed E-state index contributed by atoms with van der Waals surface area (Å²) in [6, 6.07) is 8.05. The van der Waals surface area contributed by atoms with Crippen LogP contribution in [-0.2, 0) is 11.3 Å². The number of rotatable bonds is 8. The average molecular weight is 390 g/mol. The summed E-state index contributed by atoms with van der Waals surface area (Å²) in [5.74, 6) is -0.751. The van der Waals surface area contributed by atoms with Crippen molar-refractivity contribution in [1.29, 1.82) is 0 Å². The quantitative estimate of drug-likeness (QED) is 0.746. The average Bonchev–Trinajstić information content (AvgIpc) is 2.61. The molecule has 0 unspecified atom stereocenters. The fourth-order valence-corrected chi connectivity index (χ4v) is 2.15. The Kier molecular flexibility index (Phi) is 6.97. The van der Waals surface area contributed by atoms with Gasteiger partial charge in [-0.15, -0.1) is 0 Å². The summed E-state index contributed by atoms with van der Waals surface area (Å²) in [7, 11) is 1.32. The highest BCUT2D eigenvalue weighted by Gasteiger charge is 2.12. The van der Waals surface area contributed by atoms with Crippen molar-refractivity contribution < 1.29 is 32.2 Å². The van der Waals surface area contributed by atoms with E-state index in [-0.39, 0.29) is 35.4 Å². The number of benzene rings is 2. The number of hydrogen-bond donors (Lipinski definition) is 1. The Labute approximate surface area is 152 Å². The molecule has 0 atom stereocenters. The summed E-state index contributed by atoms with van der Waals surface area (Å²) in [6.45, 7) is -3.14. The maximum absolute atomic E-state index is 13.0. The van der Waals surface area contributed by atoms with Gasteiger partial charge in [0.2, 0.25) is 0 Å². The SMILES string of the molecule is COc1cc(CNC(=O)COc2ccc(F)c(Cl)c2)ccc1OC(F)F. The van der Waals surface area contributed by atoms with E-state index < -0.39 is 18.3 Å². The number of amides is 1. The summed E-state index contributed by atoms with van der Waals surface area (Å²) in [5, 5.41) is 2.48. The molecule has 2 rings (SSSR count). The summed E-state index contributed by atoms with van der Waals surface area (Å²) >= 11 is 5.62. The molecule has 0 saturated carbocycles. The van der Waals surface area contributed by atoms with Crippen LogP contribution >= 0.6 is 11.6 Å². The Balaban J connectivity index is 1.87.